The molecule has 1 heterocycles. The Hall–Kier alpha value is -2.08. The van der Waals surface area contributed by atoms with Crippen molar-refractivity contribution in [1.29, 1.82) is 0 Å². The van der Waals surface area contributed by atoms with Crippen molar-refractivity contribution in [2.24, 2.45) is 17.1 Å². The molecule has 0 radical (unpaired) electrons. The molecule has 1 saturated heterocycles. The second-order valence-corrected chi connectivity index (χ2v) is 9.33. The summed E-state index contributed by atoms with van der Waals surface area (Å²) in [7, 11) is 0. The van der Waals surface area contributed by atoms with Crippen LogP contribution in [-0.2, 0) is 14.4 Å². The molecule has 1 aromatic carbocycles. The molecule has 3 N–H and O–H groups in total. The Balaban J connectivity index is 2.07. The molecule has 29 heavy (non-hydrogen) atoms. The number of hydrogen-bond donors (Lipinski definition) is 2. The summed E-state index contributed by atoms with van der Waals surface area (Å²) in [5.74, 6) is -0.664. The third-order valence-corrected chi connectivity index (χ3v) is 5.91. The molecule has 0 saturated carbocycles. The summed E-state index contributed by atoms with van der Waals surface area (Å²) >= 11 is 6.02. The lowest BCUT2D eigenvalue weighted by Crippen LogP contribution is -2.55. The van der Waals surface area contributed by atoms with Gasteiger partial charge in [-0.3, -0.25) is 14.4 Å². The number of nitrogens with two attached hydrogens (primary N) is 1. The number of nitrogens with zero attached hydrogens (tertiary/aromatic N) is 1. The molecular weight excluding hydrogens is 390 g/mol. The number of hydrogen-bond acceptors (Lipinski definition) is 3. The average Bonchev–Trinajstić information content (AvgIpc) is 2.63. The van der Waals surface area contributed by atoms with Crippen LogP contribution in [0.25, 0.3) is 0 Å². The first-order valence-corrected chi connectivity index (χ1v) is 10.5. The number of halogens is 1. The van der Waals surface area contributed by atoms with Crippen LogP contribution < -0.4 is 11.1 Å². The summed E-state index contributed by atoms with van der Waals surface area (Å²) in [5, 5.41) is 3.51. The maximum atomic E-state index is 13.2. The monoisotopic (exact) mass is 421 g/mol. The van der Waals surface area contributed by atoms with Crippen molar-refractivity contribution in [2.75, 3.05) is 13.1 Å². The minimum Gasteiger partial charge on any atom is -0.370 e. The number of carbonyl (C=O) groups excluding carboxylic acids is 3. The summed E-state index contributed by atoms with van der Waals surface area (Å²) in [6.45, 7) is 9.39. The average molecular weight is 422 g/mol. The second-order valence-electron chi connectivity index (χ2n) is 8.90. The van der Waals surface area contributed by atoms with Crippen molar-refractivity contribution in [3.05, 3.63) is 34.9 Å². The smallest absolute Gasteiger partial charge is 0.245 e. The van der Waals surface area contributed by atoms with Crippen LogP contribution in [0.3, 0.4) is 0 Å². The van der Waals surface area contributed by atoms with Crippen LogP contribution in [0.2, 0.25) is 5.02 Å². The Labute approximate surface area is 178 Å². The van der Waals surface area contributed by atoms with Crippen molar-refractivity contribution < 1.29 is 14.4 Å². The molecule has 0 aromatic heterocycles. The van der Waals surface area contributed by atoms with Crippen molar-refractivity contribution in [1.82, 2.24) is 10.2 Å². The molecule has 0 bridgehead atoms. The van der Waals surface area contributed by atoms with E-state index < -0.39 is 11.9 Å². The minimum atomic E-state index is -0.613. The molecule has 2 rings (SSSR count). The largest absolute Gasteiger partial charge is 0.370 e. The molecule has 1 aliphatic rings. The Bertz CT molecular complexity index is 746. The third kappa shape index (κ3) is 6.20. The number of nitrogens with one attached hydrogen (secondary N) is 1. The predicted molar refractivity (Wildman–Crippen MR) is 114 cm³/mol. The van der Waals surface area contributed by atoms with E-state index in [0.29, 0.717) is 24.0 Å². The van der Waals surface area contributed by atoms with Gasteiger partial charge in [0.1, 0.15) is 6.04 Å². The standard InChI is InChI=1S/C22H32ClN3O3/c1-14(2)20(25-19(28)10-9-18(24)27)21(29)26-12-11-17(22(3,4)13-26)15-5-7-16(23)8-6-15/h5-8,14,17,20H,9-13H2,1-4H3,(H2,24,27)(H,25,28)/t17?,20-/m1/s1. The van der Waals surface area contributed by atoms with Gasteiger partial charge in [0.2, 0.25) is 17.7 Å². The number of benzene rings is 1. The van der Waals surface area contributed by atoms with Crippen molar-refractivity contribution in [3.8, 4) is 0 Å². The van der Waals surface area contributed by atoms with E-state index in [2.05, 4.69) is 31.3 Å². The van der Waals surface area contributed by atoms with Crippen molar-refractivity contribution in [3.63, 3.8) is 0 Å². The topological polar surface area (TPSA) is 92.5 Å². The Morgan fingerprint density at radius 1 is 1.21 bits per heavy atom. The normalized spacial score (nSPS) is 19.7. The molecule has 1 aliphatic heterocycles. The molecule has 2 atom stereocenters. The molecule has 7 heteroatoms. The third-order valence-electron chi connectivity index (χ3n) is 5.66. The van der Waals surface area contributed by atoms with E-state index in [9.17, 15) is 14.4 Å². The lowest BCUT2D eigenvalue weighted by atomic mass is 9.70. The first kappa shape index (κ1) is 23.2. The molecule has 1 unspecified atom stereocenters. The van der Waals surface area contributed by atoms with Crippen LogP contribution in [0.1, 0.15) is 58.4 Å². The van der Waals surface area contributed by atoms with Gasteiger partial charge >= 0.3 is 0 Å². The van der Waals surface area contributed by atoms with Crippen LogP contribution in [-0.4, -0.2) is 41.8 Å². The molecule has 1 fully saturated rings. The second kappa shape index (κ2) is 9.61. The van der Waals surface area contributed by atoms with E-state index in [-0.39, 0.29) is 36.0 Å². The highest BCUT2D eigenvalue weighted by Crippen LogP contribution is 2.42. The fourth-order valence-electron chi connectivity index (χ4n) is 4.05. The fraction of sp³-hybridized carbons (Fsp3) is 0.591. The zero-order valence-corrected chi connectivity index (χ0v) is 18.5. The summed E-state index contributed by atoms with van der Waals surface area (Å²) in [6.07, 6.45) is 0.821. The molecular formula is C22H32ClN3O3. The van der Waals surface area contributed by atoms with Crippen LogP contribution in [0, 0.1) is 11.3 Å². The van der Waals surface area contributed by atoms with Gasteiger partial charge in [0.05, 0.1) is 0 Å². The van der Waals surface area contributed by atoms with Crippen LogP contribution in [0.4, 0.5) is 0 Å². The molecule has 160 valence electrons. The van der Waals surface area contributed by atoms with Crippen LogP contribution in [0.5, 0.6) is 0 Å². The van der Waals surface area contributed by atoms with Gasteiger partial charge in [0.15, 0.2) is 0 Å². The minimum absolute atomic E-state index is 0.00400. The van der Waals surface area contributed by atoms with Gasteiger partial charge in [-0.2, -0.15) is 0 Å². The van der Waals surface area contributed by atoms with Gasteiger partial charge in [-0.1, -0.05) is 51.4 Å². The van der Waals surface area contributed by atoms with Gasteiger partial charge in [0.25, 0.3) is 0 Å². The van der Waals surface area contributed by atoms with E-state index in [1.54, 1.807) is 0 Å². The summed E-state index contributed by atoms with van der Waals surface area (Å²) in [6, 6.07) is 7.31. The zero-order chi connectivity index (χ0) is 21.8. The van der Waals surface area contributed by atoms with Gasteiger partial charge in [-0.15, -0.1) is 0 Å². The van der Waals surface area contributed by atoms with Gasteiger partial charge in [-0.25, -0.2) is 0 Å². The number of rotatable bonds is 7. The first-order chi connectivity index (χ1) is 13.5. The summed E-state index contributed by atoms with van der Waals surface area (Å²) in [4.78, 5) is 38.1. The predicted octanol–water partition coefficient (Wildman–Crippen LogP) is 3.09. The number of likely N-dealkylation sites (tertiary alicyclic amines) is 1. The fourth-order valence-corrected chi connectivity index (χ4v) is 4.18. The maximum Gasteiger partial charge on any atom is 0.245 e. The summed E-state index contributed by atoms with van der Waals surface area (Å²) in [5.41, 5.74) is 6.22. The zero-order valence-electron chi connectivity index (χ0n) is 17.7. The highest BCUT2D eigenvalue weighted by Gasteiger charge is 2.40. The lowest BCUT2D eigenvalue weighted by Gasteiger charge is -2.45. The molecule has 3 amide bonds. The molecule has 0 spiro atoms. The highest BCUT2D eigenvalue weighted by molar-refractivity contribution is 6.30. The first-order valence-electron chi connectivity index (χ1n) is 10.1. The van der Waals surface area contributed by atoms with E-state index in [0.717, 1.165) is 6.42 Å². The summed E-state index contributed by atoms with van der Waals surface area (Å²) < 4.78 is 0. The van der Waals surface area contributed by atoms with Crippen LogP contribution in [0.15, 0.2) is 24.3 Å². The molecule has 0 aliphatic carbocycles. The van der Waals surface area contributed by atoms with Crippen molar-refractivity contribution in [2.45, 2.75) is 58.9 Å². The number of piperidine rings is 1. The Morgan fingerprint density at radius 2 is 1.83 bits per heavy atom. The van der Waals surface area contributed by atoms with E-state index in [1.807, 2.05) is 30.9 Å². The van der Waals surface area contributed by atoms with E-state index in [1.165, 1.54) is 5.56 Å². The Kier molecular flexibility index (Phi) is 7.69. The Morgan fingerprint density at radius 3 is 2.34 bits per heavy atom. The SMILES string of the molecule is CC(C)[C@@H](NC(=O)CCC(N)=O)C(=O)N1CCC(c2ccc(Cl)cc2)C(C)(C)C1. The van der Waals surface area contributed by atoms with E-state index >= 15 is 0 Å². The number of primary amides is 1. The number of amides is 3. The number of carbonyl (C=O) groups is 3. The van der Waals surface area contributed by atoms with Gasteiger partial charge < -0.3 is 16.0 Å². The maximum absolute atomic E-state index is 13.2. The van der Waals surface area contributed by atoms with Crippen molar-refractivity contribution >= 4 is 29.3 Å². The van der Waals surface area contributed by atoms with Gasteiger partial charge in [-0.05, 0) is 41.4 Å². The molecule has 1 aromatic rings. The lowest BCUT2D eigenvalue weighted by molar-refractivity contribution is -0.140. The van der Waals surface area contributed by atoms with Gasteiger partial charge in [0, 0.05) is 31.0 Å². The highest BCUT2D eigenvalue weighted by atomic mass is 35.5. The van der Waals surface area contributed by atoms with Crippen LogP contribution >= 0.6 is 11.6 Å². The van der Waals surface area contributed by atoms with E-state index in [4.69, 9.17) is 17.3 Å². The molecule has 6 nitrogen and oxygen atoms in total. The quantitative estimate of drug-likeness (QED) is 0.708.